The van der Waals surface area contributed by atoms with Gasteiger partial charge in [-0.25, -0.2) is 0 Å². The first-order chi connectivity index (χ1) is 8.32. The molecule has 1 rings (SSSR count). The van der Waals surface area contributed by atoms with Gasteiger partial charge in [-0.15, -0.1) is 0 Å². The fourth-order valence-electron chi connectivity index (χ4n) is 1.60. The molecule has 0 unspecified atom stereocenters. The van der Waals surface area contributed by atoms with Crippen molar-refractivity contribution >= 4 is 34.8 Å². The molecule has 0 aliphatic carbocycles. The van der Waals surface area contributed by atoms with Crippen molar-refractivity contribution in [2.45, 2.75) is 33.2 Å². The van der Waals surface area contributed by atoms with E-state index >= 15 is 0 Å². The molecule has 1 amide bonds. The van der Waals surface area contributed by atoms with E-state index < -0.39 is 6.04 Å². The van der Waals surface area contributed by atoms with Gasteiger partial charge >= 0.3 is 0 Å². The summed E-state index contributed by atoms with van der Waals surface area (Å²) in [6, 6.07) is 2.94. The second-order valence-electron chi connectivity index (χ2n) is 4.78. The van der Waals surface area contributed by atoms with Crippen molar-refractivity contribution in [2.75, 3.05) is 5.32 Å². The second kappa shape index (κ2) is 6.41. The Kier molecular flexibility index (Phi) is 5.45. The Morgan fingerprint density at radius 3 is 2.56 bits per heavy atom. The van der Waals surface area contributed by atoms with Gasteiger partial charge in [0.1, 0.15) is 0 Å². The highest BCUT2D eigenvalue weighted by Gasteiger charge is 2.18. The van der Waals surface area contributed by atoms with Crippen LogP contribution in [-0.2, 0) is 4.79 Å². The molecule has 0 heterocycles. The van der Waals surface area contributed by atoms with Gasteiger partial charge in [0.2, 0.25) is 5.91 Å². The first-order valence-electron chi connectivity index (χ1n) is 5.84. The van der Waals surface area contributed by atoms with Crippen molar-refractivity contribution in [2.24, 2.45) is 11.7 Å². The van der Waals surface area contributed by atoms with E-state index in [0.717, 1.165) is 5.56 Å². The molecule has 0 aliphatic heterocycles. The van der Waals surface area contributed by atoms with Crippen molar-refractivity contribution in [1.82, 2.24) is 0 Å². The highest BCUT2D eigenvalue weighted by molar-refractivity contribution is 6.40. The van der Waals surface area contributed by atoms with Gasteiger partial charge in [0.15, 0.2) is 0 Å². The molecule has 1 aromatic rings. The zero-order valence-corrected chi connectivity index (χ0v) is 12.3. The Morgan fingerprint density at radius 1 is 1.39 bits per heavy atom. The molecule has 0 saturated heterocycles. The van der Waals surface area contributed by atoms with Crippen LogP contribution in [0.1, 0.15) is 25.8 Å². The molecule has 0 fully saturated rings. The molecular formula is C13H18Cl2N2O. The number of hydrogen-bond acceptors (Lipinski definition) is 2. The maximum absolute atomic E-state index is 11.9. The Balaban J connectivity index is 2.85. The third-order valence-corrected chi connectivity index (χ3v) is 3.40. The standard InChI is InChI=1S/C13H18Cl2N2O/c1-7(2)6-10(16)13(18)17-12-9(14)5-4-8(3)11(12)15/h4-5,7,10H,6,16H2,1-3H3,(H,17,18)/t10-/m1/s1. The summed E-state index contributed by atoms with van der Waals surface area (Å²) in [5, 5.41) is 3.56. The number of amides is 1. The maximum Gasteiger partial charge on any atom is 0.241 e. The lowest BCUT2D eigenvalue weighted by atomic mass is 10.0. The number of carbonyl (C=O) groups excluding carboxylic acids is 1. The van der Waals surface area contributed by atoms with E-state index in [9.17, 15) is 4.79 Å². The van der Waals surface area contributed by atoms with Crippen LogP contribution in [0.15, 0.2) is 12.1 Å². The van der Waals surface area contributed by atoms with E-state index in [0.29, 0.717) is 28.1 Å². The highest BCUT2D eigenvalue weighted by Crippen LogP contribution is 2.32. The van der Waals surface area contributed by atoms with Crippen LogP contribution in [0.4, 0.5) is 5.69 Å². The minimum atomic E-state index is -0.558. The van der Waals surface area contributed by atoms with E-state index in [2.05, 4.69) is 5.32 Å². The topological polar surface area (TPSA) is 55.1 Å². The third-order valence-electron chi connectivity index (χ3n) is 2.59. The Bertz CT molecular complexity index is 447. The number of benzene rings is 1. The Hall–Kier alpha value is -0.770. The minimum Gasteiger partial charge on any atom is -0.322 e. The number of carbonyl (C=O) groups is 1. The molecule has 0 spiro atoms. The van der Waals surface area contributed by atoms with E-state index in [-0.39, 0.29) is 5.91 Å². The molecule has 5 heteroatoms. The van der Waals surface area contributed by atoms with Gasteiger partial charge in [0.25, 0.3) is 0 Å². The molecule has 18 heavy (non-hydrogen) atoms. The number of nitrogens with two attached hydrogens (primary N) is 1. The maximum atomic E-state index is 11.9. The lowest BCUT2D eigenvalue weighted by Crippen LogP contribution is -2.36. The highest BCUT2D eigenvalue weighted by atomic mass is 35.5. The average molecular weight is 289 g/mol. The smallest absolute Gasteiger partial charge is 0.241 e. The fraction of sp³-hybridized carbons (Fsp3) is 0.462. The second-order valence-corrected chi connectivity index (χ2v) is 5.56. The monoisotopic (exact) mass is 288 g/mol. The number of aryl methyl sites for hydroxylation is 1. The number of halogens is 2. The van der Waals surface area contributed by atoms with Crippen molar-refractivity contribution in [3.05, 3.63) is 27.7 Å². The van der Waals surface area contributed by atoms with E-state index in [1.54, 1.807) is 12.1 Å². The first kappa shape index (κ1) is 15.3. The number of nitrogens with one attached hydrogen (secondary N) is 1. The van der Waals surface area contributed by atoms with Gasteiger partial charge in [-0.3, -0.25) is 4.79 Å². The molecule has 3 N–H and O–H groups in total. The Morgan fingerprint density at radius 2 is 2.00 bits per heavy atom. The van der Waals surface area contributed by atoms with E-state index in [1.165, 1.54) is 0 Å². The summed E-state index contributed by atoms with van der Waals surface area (Å²) in [4.78, 5) is 11.9. The van der Waals surface area contributed by atoms with Crippen LogP contribution in [0, 0.1) is 12.8 Å². The Labute approximate surface area is 118 Å². The van der Waals surface area contributed by atoms with Crippen LogP contribution < -0.4 is 11.1 Å². The summed E-state index contributed by atoms with van der Waals surface area (Å²) in [7, 11) is 0. The molecule has 0 aliphatic rings. The lowest BCUT2D eigenvalue weighted by molar-refractivity contribution is -0.117. The van der Waals surface area contributed by atoms with Crippen LogP contribution in [0.5, 0.6) is 0 Å². The van der Waals surface area contributed by atoms with Crippen LogP contribution in [0.25, 0.3) is 0 Å². The molecule has 0 radical (unpaired) electrons. The van der Waals surface area contributed by atoms with Gasteiger partial charge in [-0.1, -0.05) is 43.1 Å². The van der Waals surface area contributed by atoms with Crippen molar-refractivity contribution in [1.29, 1.82) is 0 Å². The normalized spacial score (nSPS) is 12.6. The predicted molar refractivity (Wildman–Crippen MR) is 77.3 cm³/mol. The number of anilines is 1. The van der Waals surface area contributed by atoms with Crippen molar-refractivity contribution in [3.8, 4) is 0 Å². The van der Waals surface area contributed by atoms with Gasteiger partial charge < -0.3 is 11.1 Å². The summed E-state index contributed by atoms with van der Waals surface area (Å²) in [5.74, 6) is 0.0901. The average Bonchev–Trinajstić information content (AvgIpc) is 2.28. The van der Waals surface area contributed by atoms with Gasteiger partial charge in [-0.2, -0.15) is 0 Å². The summed E-state index contributed by atoms with van der Waals surface area (Å²) >= 11 is 12.1. The van der Waals surface area contributed by atoms with Crippen molar-refractivity contribution < 1.29 is 4.79 Å². The predicted octanol–water partition coefficient (Wildman–Crippen LogP) is 3.61. The molecular weight excluding hydrogens is 271 g/mol. The van der Waals surface area contributed by atoms with Gasteiger partial charge in [0.05, 0.1) is 21.8 Å². The molecule has 0 aromatic heterocycles. The van der Waals surface area contributed by atoms with E-state index in [1.807, 2.05) is 20.8 Å². The van der Waals surface area contributed by atoms with Gasteiger partial charge in [0, 0.05) is 0 Å². The molecule has 1 aromatic carbocycles. The van der Waals surface area contributed by atoms with E-state index in [4.69, 9.17) is 28.9 Å². The SMILES string of the molecule is Cc1ccc(Cl)c(NC(=O)[C@H](N)CC(C)C)c1Cl. The summed E-state index contributed by atoms with van der Waals surface area (Å²) in [5.41, 5.74) is 7.09. The molecule has 0 bridgehead atoms. The fourth-order valence-corrected chi connectivity index (χ4v) is 2.07. The first-order valence-corrected chi connectivity index (χ1v) is 6.59. The zero-order chi connectivity index (χ0) is 13.9. The molecule has 3 nitrogen and oxygen atoms in total. The lowest BCUT2D eigenvalue weighted by Gasteiger charge is -2.16. The zero-order valence-electron chi connectivity index (χ0n) is 10.8. The van der Waals surface area contributed by atoms with Crippen LogP contribution in [0.3, 0.4) is 0 Å². The third kappa shape index (κ3) is 3.87. The molecule has 0 saturated carbocycles. The van der Waals surface area contributed by atoms with Crippen LogP contribution in [-0.4, -0.2) is 11.9 Å². The van der Waals surface area contributed by atoms with Crippen molar-refractivity contribution in [3.63, 3.8) is 0 Å². The van der Waals surface area contributed by atoms with Crippen LogP contribution >= 0.6 is 23.2 Å². The minimum absolute atomic E-state index is 0.266. The van der Waals surface area contributed by atoms with Gasteiger partial charge in [-0.05, 0) is 30.9 Å². The quantitative estimate of drug-likeness (QED) is 0.889. The number of hydrogen-bond donors (Lipinski definition) is 2. The number of rotatable bonds is 4. The summed E-state index contributed by atoms with van der Waals surface area (Å²) < 4.78 is 0. The molecule has 1 atom stereocenters. The molecule has 100 valence electrons. The summed E-state index contributed by atoms with van der Waals surface area (Å²) in [6.45, 7) is 5.88. The summed E-state index contributed by atoms with van der Waals surface area (Å²) in [6.07, 6.45) is 0.618. The van der Waals surface area contributed by atoms with Crippen LogP contribution in [0.2, 0.25) is 10.0 Å². The largest absolute Gasteiger partial charge is 0.322 e.